The molecule has 5 nitrogen and oxygen atoms in total. The molecular weight excluding hydrogens is 378 g/mol. The first kappa shape index (κ1) is 21.3. The Hall–Kier alpha value is -1.99. The van der Waals surface area contributed by atoms with Gasteiger partial charge in [-0.05, 0) is 36.2 Å². The van der Waals surface area contributed by atoms with E-state index in [4.69, 9.17) is 0 Å². The number of hydrogen-bond donors (Lipinski definition) is 2. The van der Waals surface area contributed by atoms with Crippen molar-refractivity contribution in [2.24, 2.45) is 4.99 Å². The van der Waals surface area contributed by atoms with Gasteiger partial charge >= 0.3 is 0 Å². The molecule has 1 unspecified atom stereocenters. The maximum Gasteiger partial charge on any atom is 0.191 e. The maximum atomic E-state index is 11.5. The third kappa shape index (κ3) is 7.64. The van der Waals surface area contributed by atoms with Crippen LogP contribution >= 0.6 is 11.8 Å². The molecule has 0 saturated carbocycles. The van der Waals surface area contributed by atoms with Crippen molar-refractivity contribution in [2.45, 2.75) is 28.4 Å². The minimum atomic E-state index is -3.14. The van der Waals surface area contributed by atoms with E-state index in [0.717, 1.165) is 31.0 Å². The highest BCUT2D eigenvalue weighted by Crippen LogP contribution is 2.21. The molecule has 146 valence electrons. The molecule has 0 aliphatic rings. The van der Waals surface area contributed by atoms with Gasteiger partial charge in [0.05, 0.1) is 4.90 Å². The molecule has 0 radical (unpaired) electrons. The van der Waals surface area contributed by atoms with Crippen LogP contribution in [0.2, 0.25) is 0 Å². The van der Waals surface area contributed by atoms with Crippen LogP contribution in [0.3, 0.4) is 0 Å². The lowest BCUT2D eigenvalue weighted by molar-refractivity contribution is 0.602. The summed E-state index contributed by atoms with van der Waals surface area (Å²) in [6.07, 6.45) is 2.01. The van der Waals surface area contributed by atoms with Gasteiger partial charge in [0.25, 0.3) is 0 Å². The summed E-state index contributed by atoms with van der Waals surface area (Å²) in [4.78, 5) is 5.86. The van der Waals surface area contributed by atoms with Crippen LogP contribution in [0, 0.1) is 0 Å². The van der Waals surface area contributed by atoms with Gasteiger partial charge in [-0.2, -0.15) is 0 Å². The quantitative estimate of drug-likeness (QED) is 0.401. The molecule has 2 aromatic rings. The van der Waals surface area contributed by atoms with Crippen LogP contribution in [-0.4, -0.2) is 46.0 Å². The molecule has 27 heavy (non-hydrogen) atoms. The Balaban J connectivity index is 1.74. The number of nitrogens with zero attached hydrogens (tertiary/aromatic N) is 1. The fourth-order valence-corrected chi connectivity index (χ4v) is 4.04. The van der Waals surface area contributed by atoms with Crippen LogP contribution in [0.25, 0.3) is 0 Å². The molecule has 0 spiro atoms. The second-order valence-electron chi connectivity index (χ2n) is 6.29. The number of thioether (sulfide) groups is 1. The van der Waals surface area contributed by atoms with Crippen LogP contribution < -0.4 is 10.6 Å². The zero-order chi connectivity index (χ0) is 19.7. The molecular formula is C20H27N3O2S2. The van der Waals surface area contributed by atoms with E-state index in [1.54, 1.807) is 19.2 Å². The van der Waals surface area contributed by atoms with E-state index in [1.165, 1.54) is 11.2 Å². The van der Waals surface area contributed by atoms with E-state index in [-0.39, 0.29) is 0 Å². The second kappa shape index (κ2) is 10.4. The number of hydrogen-bond acceptors (Lipinski definition) is 4. The fourth-order valence-electron chi connectivity index (χ4n) is 2.46. The van der Waals surface area contributed by atoms with Gasteiger partial charge in [-0.15, -0.1) is 11.8 Å². The minimum Gasteiger partial charge on any atom is -0.356 e. The summed E-state index contributed by atoms with van der Waals surface area (Å²) in [5.41, 5.74) is 1.08. The molecule has 0 saturated heterocycles. The summed E-state index contributed by atoms with van der Waals surface area (Å²) in [7, 11) is -1.39. The molecule has 0 aromatic heterocycles. The summed E-state index contributed by atoms with van der Waals surface area (Å²) in [5, 5.41) is 7.05. The summed E-state index contributed by atoms with van der Waals surface area (Å²) >= 11 is 1.83. The molecule has 0 heterocycles. The highest BCUT2D eigenvalue weighted by atomic mass is 32.2. The lowest BCUT2D eigenvalue weighted by Gasteiger charge is -2.16. The van der Waals surface area contributed by atoms with Crippen molar-refractivity contribution in [2.75, 3.05) is 26.4 Å². The molecule has 0 aliphatic carbocycles. The lowest BCUT2D eigenvalue weighted by atomic mass is 10.1. The molecule has 2 rings (SSSR count). The third-order valence-corrected chi connectivity index (χ3v) is 6.16. The van der Waals surface area contributed by atoms with Crippen molar-refractivity contribution >= 4 is 27.6 Å². The van der Waals surface area contributed by atoms with Gasteiger partial charge in [0.15, 0.2) is 15.8 Å². The van der Waals surface area contributed by atoms with Crippen LogP contribution in [0.5, 0.6) is 0 Å². The number of rotatable bonds is 8. The molecule has 7 heteroatoms. The molecule has 2 aromatic carbocycles. The van der Waals surface area contributed by atoms with Gasteiger partial charge in [-0.25, -0.2) is 8.42 Å². The summed E-state index contributed by atoms with van der Waals surface area (Å²) in [6, 6.07) is 17.4. The Morgan fingerprint density at radius 3 is 2.33 bits per heavy atom. The van der Waals surface area contributed by atoms with Gasteiger partial charge in [0, 0.05) is 36.5 Å². The Labute approximate surface area is 166 Å². The number of aliphatic imine (C=N–C) groups is 1. The molecule has 1 atom stereocenters. The Kier molecular flexibility index (Phi) is 8.19. The average molecular weight is 406 g/mol. The topological polar surface area (TPSA) is 70.6 Å². The van der Waals surface area contributed by atoms with Gasteiger partial charge < -0.3 is 10.6 Å². The van der Waals surface area contributed by atoms with Crippen LogP contribution in [0.1, 0.15) is 12.5 Å². The van der Waals surface area contributed by atoms with E-state index >= 15 is 0 Å². The summed E-state index contributed by atoms with van der Waals surface area (Å²) < 4.78 is 23.0. The summed E-state index contributed by atoms with van der Waals surface area (Å²) in [5.74, 6) is 0.767. The maximum absolute atomic E-state index is 11.5. The number of nitrogens with one attached hydrogen (secondary N) is 2. The highest BCUT2D eigenvalue weighted by Gasteiger charge is 2.07. The first-order valence-corrected chi connectivity index (χ1v) is 11.6. The standard InChI is InChI=1S/C20H27N3O2S2/c1-16(26-18-7-5-4-6-8-18)15-23-20(21-2)22-14-13-17-9-11-19(12-10-17)27(3,24)25/h4-12,16H,13-15H2,1-3H3,(H2,21,22,23). The van der Waals surface area contributed by atoms with E-state index in [2.05, 4.69) is 34.7 Å². The normalized spacial score (nSPS) is 13.2. The predicted molar refractivity (Wildman–Crippen MR) is 114 cm³/mol. The number of sulfone groups is 1. The molecule has 0 bridgehead atoms. The van der Waals surface area contributed by atoms with Gasteiger partial charge in [-0.1, -0.05) is 37.3 Å². The zero-order valence-electron chi connectivity index (χ0n) is 16.0. The average Bonchev–Trinajstić information content (AvgIpc) is 2.65. The third-order valence-electron chi connectivity index (χ3n) is 3.92. The smallest absolute Gasteiger partial charge is 0.191 e. The van der Waals surface area contributed by atoms with E-state index in [9.17, 15) is 8.42 Å². The second-order valence-corrected chi connectivity index (χ2v) is 9.82. The first-order chi connectivity index (χ1) is 12.9. The van der Waals surface area contributed by atoms with Crippen LogP contribution in [0.4, 0.5) is 0 Å². The van der Waals surface area contributed by atoms with Crippen molar-refractivity contribution in [3.8, 4) is 0 Å². The highest BCUT2D eigenvalue weighted by molar-refractivity contribution is 8.00. The Bertz CT molecular complexity index is 835. The van der Waals surface area contributed by atoms with Gasteiger partial charge in [0.1, 0.15) is 0 Å². The molecule has 0 aliphatic heterocycles. The predicted octanol–water partition coefficient (Wildman–Crippen LogP) is 2.98. The van der Waals surface area contributed by atoms with Crippen molar-refractivity contribution < 1.29 is 8.42 Å². The number of guanidine groups is 1. The van der Waals surface area contributed by atoms with Crippen molar-refractivity contribution in [1.82, 2.24) is 10.6 Å². The van der Waals surface area contributed by atoms with Gasteiger partial charge in [-0.3, -0.25) is 4.99 Å². The van der Waals surface area contributed by atoms with Crippen molar-refractivity contribution in [3.05, 3.63) is 60.2 Å². The van der Waals surface area contributed by atoms with Gasteiger partial charge in [0.2, 0.25) is 0 Å². The summed E-state index contributed by atoms with van der Waals surface area (Å²) in [6.45, 7) is 3.71. The first-order valence-electron chi connectivity index (χ1n) is 8.83. The minimum absolute atomic E-state index is 0.349. The SMILES string of the molecule is CN=C(NCCc1ccc(S(C)(=O)=O)cc1)NCC(C)Sc1ccccc1. The molecule has 2 N–H and O–H groups in total. The fraction of sp³-hybridized carbons (Fsp3) is 0.350. The Morgan fingerprint density at radius 1 is 1.07 bits per heavy atom. The van der Waals surface area contributed by atoms with Crippen LogP contribution in [-0.2, 0) is 16.3 Å². The van der Waals surface area contributed by atoms with E-state index in [0.29, 0.717) is 10.1 Å². The van der Waals surface area contributed by atoms with Crippen molar-refractivity contribution in [1.29, 1.82) is 0 Å². The molecule has 0 amide bonds. The number of benzene rings is 2. The molecule has 0 fully saturated rings. The van der Waals surface area contributed by atoms with E-state index < -0.39 is 9.84 Å². The van der Waals surface area contributed by atoms with Crippen molar-refractivity contribution in [3.63, 3.8) is 0 Å². The van der Waals surface area contributed by atoms with Crippen LogP contribution in [0.15, 0.2) is 69.4 Å². The zero-order valence-corrected chi connectivity index (χ0v) is 17.6. The largest absolute Gasteiger partial charge is 0.356 e. The lowest BCUT2D eigenvalue weighted by Crippen LogP contribution is -2.40. The Morgan fingerprint density at radius 2 is 1.74 bits per heavy atom. The van der Waals surface area contributed by atoms with E-state index in [1.807, 2.05) is 42.1 Å². The monoisotopic (exact) mass is 405 g/mol.